The Morgan fingerprint density at radius 2 is 1.82 bits per heavy atom. The van der Waals surface area contributed by atoms with Crippen molar-refractivity contribution in [2.24, 2.45) is 4.99 Å². The molecule has 1 amide bonds. The molecule has 0 aromatic heterocycles. The number of benzene rings is 2. The number of amides is 1. The summed E-state index contributed by atoms with van der Waals surface area (Å²) in [5.41, 5.74) is 1.55. The molecule has 2 aromatic rings. The van der Waals surface area contributed by atoms with Gasteiger partial charge in [-0.25, -0.2) is 0 Å². The van der Waals surface area contributed by atoms with Crippen LogP contribution in [0.3, 0.4) is 0 Å². The number of nitrogens with zero attached hydrogens (tertiary/aromatic N) is 3. The third-order valence-corrected chi connectivity index (χ3v) is 8.56. The van der Waals surface area contributed by atoms with E-state index in [-0.39, 0.29) is 16.7 Å². The Morgan fingerprint density at radius 3 is 2.44 bits per heavy atom. The highest BCUT2D eigenvalue weighted by atomic mass is 35.5. The Labute approximate surface area is 212 Å². The van der Waals surface area contributed by atoms with Gasteiger partial charge >= 0.3 is 0 Å². The van der Waals surface area contributed by atoms with Gasteiger partial charge in [0.1, 0.15) is 5.75 Å². The normalized spacial score (nSPS) is 20.5. The molecule has 2 atom stereocenters. The van der Waals surface area contributed by atoms with E-state index in [0.29, 0.717) is 6.54 Å². The molecule has 0 radical (unpaired) electrons. The van der Waals surface area contributed by atoms with E-state index in [1.807, 2.05) is 53.6 Å². The van der Waals surface area contributed by atoms with E-state index in [2.05, 4.69) is 24.8 Å². The number of hydrogen-bond acceptors (Lipinski definition) is 5. The van der Waals surface area contributed by atoms with Crippen molar-refractivity contribution < 1.29 is 9.53 Å². The number of ether oxygens (including phenoxy) is 1. The number of likely N-dealkylation sites (N-methyl/N-ethyl adjacent to an activating group) is 1. The van der Waals surface area contributed by atoms with Crippen molar-refractivity contribution >= 4 is 35.5 Å². The minimum Gasteiger partial charge on any atom is -0.497 e. The molecule has 1 aliphatic carbocycles. The van der Waals surface area contributed by atoms with Crippen LogP contribution in [0.4, 0.5) is 0 Å². The van der Waals surface area contributed by atoms with Crippen molar-refractivity contribution in [2.75, 3.05) is 33.3 Å². The van der Waals surface area contributed by atoms with E-state index < -0.39 is 5.41 Å². The second-order valence-corrected chi connectivity index (χ2v) is 10.6. The molecular weight excluding hydrogens is 466 g/mol. The number of hydrogen-bond donors (Lipinski definition) is 0. The topological polar surface area (TPSA) is 45.1 Å². The lowest BCUT2D eigenvalue weighted by Crippen LogP contribution is -2.47. The van der Waals surface area contributed by atoms with Gasteiger partial charge < -0.3 is 14.5 Å². The Balaban J connectivity index is 1.51. The third-order valence-electron chi connectivity index (χ3n) is 6.94. The number of rotatable bonds is 11. The van der Waals surface area contributed by atoms with Gasteiger partial charge in [-0.1, -0.05) is 55.8 Å². The molecule has 0 bridgehead atoms. The van der Waals surface area contributed by atoms with Crippen molar-refractivity contribution in [3.05, 3.63) is 64.7 Å². The summed E-state index contributed by atoms with van der Waals surface area (Å²) in [6.45, 7) is 7.79. The van der Waals surface area contributed by atoms with E-state index in [0.717, 1.165) is 60.8 Å². The molecule has 2 aliphatic rings. The van der Waals surface area contributed by atoms with Crippen molar-refractivity contribution in [1.29, 1.82) is 0 Å². The number of thioether (sulfide) groups is 1. The van der Waals surface area contributed by atoms with E-state index in [1.54, 1.807) is 18.9 Å². The number of aliphatic imine (C=N–C) groups is 1. The molecule has 2 aromatic carbocycles. The first-order valence-corrected chi connectivity index (χ1v) is 13.4. The third kappa shape index (κ3) is 5.45. The summed E-state index contributed by atoms with van der Waals surface area (Å²) >= 11 is 8.14. The first-order valence-electron chi connectivity index (χ1n) is 12.1. The van der Waals surface area contributed by atoms with Crippen molar-refractivity contribution in [3.8, 4) is 5.75 Å². The number of carbonyl (C=O) groups is 1. The van der Waals surface area contributed by atoms with Crippen LogP contribution in [0.5, 0.6) is 5.75 Å². The fourth-order valence-electron chi connectivity index (χ4n) is 4.57. The van der Waals surface area contributed by atoms with Crippen LogP contribution in [0.2, 0.25) is 5.02 Å². The summed E-state index contributed by atoms with van der Waals surface area (Å²) in [5, 5.41) is 0.982. The molecule has 34 heavy (non-hydrogen) atoms. The van der Waals surface area contributed by atoms with Gasteiger partial charge in [-0.3, -0.25) is 9.79 Å². The van der Waals surface area contributed by atoms with Gasteiger partial charge in [0.15, 0.2) is 5.50 Å². The summed E-state index contributed by atoms with van der Waals surface area (Å²) in [5.74, 6) is 1.00. The highest BCUT2D eigenvalue weighted by Crippen LogP contribution is 2.51. The molecule has 1 saturated carbocycles. The summed E-state index contributed by atoms with van der Waals surface area (Å²) in [6.07, 6.45) is 4.57. The maximum atomic E-state index is 14.0. The van der Waals surface area contributed by atoms with Gasteiger partial charge in [-0.05, 0) is 61.7 Å². The zero-order valence-electron chi connectivity index (χ0n) is 20.2. The van der Waals surface area contributed by atoms with Crippen LogP contribution in [-0.2, 0) is 16.6 Å². The van der Waals surface area contributed by atoms with Gasteiger partial charge in [0, 0.05) is 29.6 Å². The predicted molar refractivity (Wildman–Crippen MR) is 142 cm³/mol. The van der Waals surface area contributed by atoms with E-state index in [1.165, 1.54) is 0 Å². The van der Waals surface area contributed by atoms with Crippen LogP contribution >= 0.6 is 23.4 Å². The lowest BCUT2D eigenvalue weighted by Gasteiger charge is -2.33. The molecule has 0 N–H and O–H groups in total. The fraction of sp³-hybridized carbons (Fsp3) is 0.481. The molecule has 0 saturated heterocycles. The summed E-state index contributed by atoms with van der Waals surface area (Å²) < 4.78 is 5.32. The quantitative estimate of drug-likeness (QED) is 0.423. The van der Waals surface area contributed by atoms with Crippen molar-refractivity contribution in [3.63, 3.8) is 0 Å². The van der Waals surface area contributed by atoms with Gasteiger partial charge in [0.05, 0.1) is 12.5 Å². The SMILES string of the molecule is CCN(CC)CCN(C(=O)C1(c2ccc(OC)cc2)CC1)C1N=CC(Cc2ccccc2Cl)S1. The minimum absolute atomic E-state index is 0.192. The highest BCUT2D eigenvalue weighted by Gasteiger charge is 2.54. The number of carbonyl (C=O) groups excluding carboxylic acids is 1. The zero-order valence-corrected chi connectivity index (χ0v) is 21.8. The Bertz CT molecular complexity index is 1010. The molecule has 1 fully saturated rings. The van der Waals surface area contributed by atoms with Gasteiger partial charge in [-0.2, -0.15) is 0 Å². The summed E-state index contributed by atoms with van der Waals surface area (Å²) in [7, 11) is 1.66. The standard InChI is InChI=1S/C27H34ClN3O2S/c1-4-30(5-2)16-17-31(25(32)27(14-15-27)21-10-12-22(33-3)13-11-21)26-29-19-23(34-26)18-20-8-6-7-9-24(20)28/h6-13,19,23,26H,4-5,14-18H2,1-3H3. The molecule has 182 valence electrons. The first-order chi connectivity index (χ1) is 16.5. The second-order valence-electron chi connectivity index (χ2n) is 8.93. The van der Waals surface area contributed by atoms with E-state index in [4.69, 9.17) is 21.3 Å². The van der Waals surface area contributed by atoms with Crippen LogP contribution in [0.15, 0.2) is 53.5 Å². The van der Waals surface area contributed by atoms with Crippen LogP contribution in [-0.4, -0.2) is 66.0 Å². The lowest BCUT2D eigenvalue weighted by molar-refractivity contribution is -0.134. The predicted octanol–water partition coefficient (Wildman–Crippen LogP) is 5.26. The van der Waals surface area contributed by atoms with Gasteiger partial charge in [0.25, 0.3) is 0 Å². The maximum absolute atomic E-state index is 14.0. The molecule has 2 unspecified atom stereocenters. The molecule has 4 rings (SSSR count). The summed E-state index contributed by atoms with van der Waals surface area (Å²) in [6, 6.07) is 15.9. The number of halogens is 1. The Kier molecular flexibility index (Phi) is 8.22. The van der Waals surface area contributed by atoms with Crippen LogP contribution in [0, 0.1) is 0 Å². The average Bonchev–Trinajstić information content (AvgIpc) is 3.56. The van der Waals surface area contributed by atoms with Gasteiger partial charge in [-0.15, -0.1) is 11.8 Å². The second kappa shape index (κ2) is 11.1. The molecular formula is C27H34ClN3O2S. The number of methoxy groups -OCH3 is 1. The van der Waals surface area contributed by atoms with Crippen LogP contribution < -0.4 is 4.74 Å². The highest BCUT2D eigenvalue weighted by molar-refractivity contribution is 8.01. The Morgan fingerprint density at radius 1 is 1.12 bits per heavy atom. The minimum atomic E-state index is -0.438. The molecule has 5 nitrogen and oxygen atoms in total. The van der Waals surface area contributed by atoms with E-state index in [9.17, 15) is 4.79 Å². The van der Waals surface area contributed by atoms with Crippen LogP contribution in [0.1, 0.15) is 37.8 Å². The zero-order chi connectivity index (χ0) is 24.1. The average molecular weight is 500 g/mol. The van der Waals surface area contributed by atoms with Crippen molar-refractivity contribution in [2.45, 2.75) is 49.3 Å². The molecule has 1 heterocycles. The van der Waals surface area contributed by atoms with Gasteiger partial charge in [0.2, 0.25) is 5.91 Å². The smallest absolute Gasteiger partial charge is 0.235 e. The largest absolute Gasteiger partial charge is 0.497 e. The summed E-state index contributed by atoms with van der Waals surface area (Å²) in [4.78, 5) is 23.2. The lowest BCUT2D eigenvalue weighted by atomic mass is 9.94. The molecule has 1 aliphatic heterocycles. The maximum Gasteiger partial charge on any atom is 0.235 e. The first kappa shape index (κ1) is 25.1. The molecule has 0 spiro atoms. The fourth-order valence-corrected chi connectivity index (χ4v) is 6.00. The Hall–Kier alpha value is -2.02. The monoisotopic (exact) mass is 499 g/mol. The molecule has 7 heteroatoms. The van der Waals surface area contributed by atoms with Crippen LogP contribution in [0.25, 0.3) is 0 Å². The van der Waals surface area contributed by atoms with Crippen molar-refractivity contribution in [1.82, 2.24) is 9.80 Å². The van der Waals surface area contributed by atoms with E-state index >= 15 is 0 Å².